The maximum absolute atomic E-state index is 13.2. The van der Waals surface area contributed by atoms with E-state index in [1.54, 1.807) is 39.0 Å². The SMILES string of the molecule is CCOC(=O)C1=C(N)N2C(=O)[C@@H](C)SC2=C(C(=O)OCC)[C@H]1c1ccc(OC(C)C)c(OC)c1. The number of esters is 2. The lowest BCUT2D eigenvalue weighted by atomic mass is 9.82. The van der Waals surface area contributed by atoms with Crippen molar-refractivity contribution in [2.24, 2.45) is 5.73 Å². The second-order valence-electron chi connectivity index (χ2n) is 7.90. The van der Waals surface area contributed by atoms with E-state index in [-0.39, 0.29) is 42.2 Å². The highest BCUT2D eigenvalue weighted by atomic mass is 32.2. The molecule has 9 nitrogen and oxygen atoms in total. The Balaban J connectivity index is 2.29. The molecule has 1 aromatic carbocycles. The van der Waals surface area contributed by atoms with Crippen molar-refractivity contribution in [1.82, 2.24) is 4.90 Å². The van der Waals surface area contributed by atoms with Crippen LogP contribution in [0.1, 0.15) is 46.1 Å². The Morgan fingerprint density at radius 2 is 1.71 bits per heavy atom. The molecule has 0 unspecified atom stereocenters. The van der Waals surface area contributed by atoms with Gasteiger partial charge in [0.05, 0.1) is 53.8 Å². The molecule has 10 heteroatoms. The van der Waals surface area contributed by atoms with Gasteiger partial charge in [0, 0.05) is 0 Å². The Bertz CT molecular complexity index is 1060. The molecule has 34 heavy (non-hydrogen) atoms. The lowest BCUT2D eigenvalue weighted by Crippen LogP contribution is -2.40. The fourth-order valence-electron chi connectivity index (χ4n) is 3.89. The molecule has 0 radical (unpaired) electrons. The van der Waals surface area contributed by atoms with Gasteiger partial charge >= 0.3 is 11.9 Å². The topological polar surface area (TPSA) is 117 Å². The molecule has 2 heterocycles. The Kier molecular flexibility index (Phi) is 7.81. The Hall–Kier alpha value is -3.14. The highest BCUT2D eigenvalue weighted by Crippen LogP contribution is 2.50. The molecule has 1 fully saturated rings. The van der Waals surface area contributed by atoms with Crippen LogP contribution in [0.25, 0.3) is 0 Å². The molecule has 1 amide bonds. The first-order valence-corrected chi connectivity index (χ1v) is 12.0. The van der Waals surface area contributed by atoms with Crippen LogP contribution in [0.4, 0.5) is 0 Å². The summed E-state index contributed by atoms with van der Waals surface area (Å²) in [4.78, 5) is 40.5. The summed E-state index contributed by atoms with van der Waals surface area (Å²) < 4.78 is 22.0. The molecule has 0 aromatic heterocycles. The molecule has 1 aromatic rings. The maximum atomic E-state index is 13.2. The number of ether oxygens (including phenoxy) is 4. The molecular formula is C24H30N2O7S. The zero-order valence-electron chi connectivity index (χ0n) is 20.2. The van der Waals surface area contributed by atoms with Crippen LogP contribution in [0.5, 0.6) is 11.5 Å². The number of fused-ring (bicyclic) bond motifs is 1. The first-order valence-electron chi connectivity index (χ1n) is 11.1. The average Bonchev–Trinajstić information content (AvgIpc) is 3.08. The van der Waals surface area contributed by atoms with E-state index in [0.29, 0.717) is 22.1 Å². The number of nitrogens with zero attached hydrogens (tertiary/aromatic N) is 1. The molecule has 2 aliphatic rings. The normalized spacial score (nSPS) is 20.0. The van der Waals surface area contributed by atoms with Crippen LogP contribution in [0.15, 0.2) is 40.2 Å². The smallest absolute Gasteiger partial charge is 0.338 e. The minimum atomic E-state index is -0.933. The molecule has 0 bridgehead atoms. The predicted octanol–water partition coefficient (Wildman–Crippen LogP) is 3.05. The average molecular weight is 491 g/mol. The van der Waals surface area contributed by atoms with Gasteiger partial charge in [-0.05, 0) is 52.3 Å². The third kappa shape index (κ3) is 4.59. The predicted molar refractivity (Wildman–Crippen MR) is 127 cm³/mol. The van der Waals surface area contributed by atoms with E-state index < -0.39 is 23.1 Å². The number of nitrogens with two attached hydrogens (primary N) is 1. The summed E-state index contributed by atoms with van der Waals surface area (Å²) in [5.74, 6) is -1.74. The van der Waals surface area contributed by atoms with E-state index in [0.717, 1.165) is 0 Å². The molecule has 184 valence electrons. The van der Waals surface area contributed by atoms with Crippen LogP contribution in [0.3, 0.4) is 0 Å². The third-order valence-corrected chi connectivity index (χ3v) is 6.44. The van der Waals surface area contributed by atoms with Crippen molar-refractivity contribution in [3.63, 3.8) is 0 Å². The van der Waals surface area contributed by atoms with Crippen molar-refractivity contribution in [3.8, 4) is 11.5 Å². The van der Waals surface area contributed by atoms with Crippen molar-refractivity contribution >= 4 is 29.6 Å². The van der Waals surface area contributed by atoms with Crippen molar-refractivity contribution in [2.75, 3.05) is 20.3 Å². The lowest BCUT2D eigenvalue weighted by Gasteiger charge is -2.33. The quantitative estimate of drug-likeness (QED) is 0.549. The molecule has 0 spiro atoms. The van der Waals surface area contributed by atoms with Crippen LogP contribution >= 0.6 is 11.8 Å². The number of benzene rings is 1. The van der Waals surface area contributed by atoms with Gasteiger partial charge in [0.15, 0.2) is 11.5 Å². The first-order chi connectivity index (χ1) is 16.2. The summed E-state index contributed by atoms with van der Waals surface area (Å²) in [7, 11) is 1.50. The molecule has 3 rings (SSSR count). The maximum Gasteiger partial charge on any atom is 0.338 e. The van der Waals surface area contributed by atoms with Crippen molar-refractivity contribution in [3.05, 3.63) is 45.8 Å². The standard InChI is InChI=1S/C24H30N2O7S/c1-7-31-23(28)18-17(14-9-10-15(33-12(3)4)16(11-14)30-6)19(24(29)32-8-2)22-26(20(18)25)21(27)13(5)34-22/h9-13,17H,7-8,25H2,1-6H3/t13-,17+/m1/s1. The number of carbonyl (C=O) groups is 3. The van der Waals surface area contributed by atoms with Gasteiger partial charge in [0.25, 0.3) is 0 Å². The van der Waals surface area contributed by atoms with Crippen LogP contribution in [0.2, 0.25) is 0 Å². The second-order valence-corrected chi connectivity index (χ2v) is 9.23. The van der Waals surface area contributed by atoms with E-state index in [1.807, 2.05) is 13.8 Å². The van der Waals surface area contributed by atoms with E-state index >= 15 is 0 Å². The fraction of sp³-hybridized carbons (Fsp3) is 0.458. The monoisotopic (exact) mass is 490 g/mol. The second kappa shape index (κ2) is 10.4. The number of rotatable bonds is 8. The van der Waals surface area contributed by atoms with E-state index in [4.69, 9.17) is 24.7 Å². The van der Waals surface area contributed by atoms with E-state index in [9.17, 15) is 14.4 Å². The van der Waals surface area contributed by atoms with Gasteiger partial charge in [-0.25, -0.2) is 9.59 Å². The summed E-state index contributed by atoms with van der Waals surface area (Å²) in [6, 6.07) is 5.13. The van der Waals surface area contributed by atoms with Gasteiger partial charge in [0.1, 0.15) is 5.82 Å². The Morgan fingerprint density at radius 3 is 2.26 bits per heavy atom. The zero-order valence-corrected chi connectivity index (χ0v) is 21.0. The third-order valence-electron chi connectivity index (χ3n) is 5.26. The fourth-order valence-corrected chi connectivity index (χ4v) is 5.06. The molecule has 2 N–H and O–H groups in total. The highest BCUT2D eigenvalue weighted by molar-refractivity contribution is 8.04. The minimum absolute atomic E-state index is 0.00344. The number of hydrogen-bond donors (Lipinski definition) is 1. The number of thioether (sulfide) groups is 1. The van der Waals surface area contributed by atoms with Crippen molar-refractivity contribution in [1.29, 1.82) is 0 Å². The zero-order chi connectivity index (χ0) is 25.2. The van der Waals surface area contributed by atoms with Gasteiger partial charge in [-0.1, -0.05) is 17.8 Å². The van der Waals surface area contributed by atoms with E-state index in [2.05, 4.69) is 0 Å². The van der Waals surface area contributed by atoms with Gasteiger partial charge in [-0.15, -0.1) is 0 Å². The van der Waals surface area contributed by atoms with E-state index in [1.165, 1.54) is 23.8 Å². The van der Waals surface area contributed by atoms with Gasteiger partial charge in [-0.3, -0.25) is 9.69 Å². The van der Waals surface area contributed by atoms with Crippen LogP contribution in [-0.4, -0.2) is 54.4 Å². The van der Waals surface area contributed by atoms with Gasteiger partial charge < -0.3 is 24.7 Å². The van der Waals surface area contributed by atoms with Crippen LogP contribution < -0.4 is 15.2 Å². The number of amides is 1. The number of methoxy groups -OCH3 is 1. The van der Waals surface area contributed by atoms with Crippen molar-refractivity contribution < 1.29 is 33.3 Å². The Morgan fingerprint density at radius 1 is 1.09 bits per heavy atom. The van der Waals surface area contributed by atoms with Gasteiger partial charge in [0.2, 0.25) is 5.91 Å². The summed E-state index contributed by atoms with van der Waals surface area (Å²) in [5, 5.41) is -0.135. The summed E-state index contributed by atoms with van der Waals surface area (Å²) in [5.41, 5.74) is 7.10. The molecular weight excluding hydrogens is 460 g/mol. The van der Waals surface area contributed by atoms with Crippen LogP contribution in [-0.2, 0) is 23.9 Å². The summed E-state index contributed by atoms with van der Waals surface area (Å²) >= 11 is 1.20. The molecule has 2 aliphatic heterocycles. The molecule has 0 aliphatic carbocycles. The largest absolute Gasteiger partial charge is 0.493 e. The van der Waals surface area contributed by atoms with Crippen molar-refractivity contribution in [2.45, 2.75) is 51.9 Å². The number of carbonyl (C=O) groups excluding carboxylic acids is 3. The minimum Gasteiger partial charge on any atom is -0.493 e. The summed E-state index contributed by atoms with van der Waals surface area (Å²) in [6.45, 7) is 9.07. The lowest BCUT2D eigenvalue weighted by molar-refractivity contribution is -0.139. The first kappa shape index (κ1) is 25.5. The highest BCUT2D eigenvalue weighted by Gasteiger charge is 2.49. The molecule has 2 atom stereocenters. The Labute approximate surface area is 203 Å². The van der Waals surface area contributed by atoms with Crippen LogP contribution in [0, 0.1) is 0 Å². The summed E-state index contributed by atoms with van der Waals surface area (Å²) in [6.07, 6.45) is -0.0896. The van der Waals surface area contributed by atoms with Gasteiger partial charge in [-0.2, -0.15) is 0 Å². The number of hydrogen-bond acceptors (Lipinski definition) is 9. The molecule has 0 saturated carbocycles. The molecule has 1 saturated heterocycles.